The Labute approximate surface area is 165 Å². The van der Waals surface area contributed by atoms with Gasteiger partial charge in [-0.1, -0.05) is 17.4 Å². The Kier molecular flexibility index (Phi) is 4.50. The number of hydrogen-bond donors (Lipinski definition) is 0. The third kappa shape index (κ3) is 3.48. The minimum absolute atomic E-state index is 0.112. The minimum atomic E-state index is -0.112. The zero-order chi connectivity index (χ0) is 19.1. The number of benzene rings is 1. The van der Waals surface area contributed by atoms with E-state index in [0.29, 0.717) is 11.8 Å². The van der Waals surface area contributed by atoms with Crippen LogP contribution < -0.4 is 15.0 Å². The number of rotatable bonds is 4. The largest absolute Gasteiger partial charge is 0.454 e. The number of piperazine rings is 1. The molecule has 1 aromatic carbocycles. The van der Waals surface area contributed by atoms with Crippen molar-refractivity contribution in [3.8, 4) is 11.5 Å². The highest BCUT2D eigenvalue weighted by atomic mass is 32.1. The number of ether oxygens (including phenoxy) is 2. The Bertz CT molecular complexity index is 1070. The topological polar surface area (TPSA) is 72.2 Å². The maximum absolute atomic E-state index is 12.0. The quantitative estimate of drug-likeness (QED) is 0.658. The summed E-state index contributed by atoms with van der Waals surface area (Å²) >= 11 is 1.49. The van der Waals surface area contributed by atoms with Gasteiger partial charge in [0, 0.05) is 44.5 Å². The molecule has 0 amide bonds. The van der Waals surface area contributed by atoms with E-state index in [2.05, 4.69) is 32.0 Å². The maximum atomic E-state index is 12.0. The van der Waals surface area contributed by atoms with Crippen molar-refractivity contribution in [2.24, 2.45) is 0 Å². The Hall–Kier alpha value is -2.49. The molecule has 0 atom stereocenters. The van der Waals surface area contributed by atoms with Gasteiger partial charge >= 0.3 is 0 Å². The van der Waals surface area contributed by atoms with Gasteiger partial charge in [-0.25, -0.2) is 4.98 Å². The van der Waals surface area contributed by atoms with E-state index in [1.807, 2.05) is 13.0 Å². The van der Waals surface area contributed by atoms with Crippen molar-refractivity contribution in [3.05, 3.63) is 50.9 Å². The first kappa shape index (κ1) is 17.6. The summed E-state index contributed by atoms with van der Waals surface area (Å²) in [5.41, 5.74) is 1.86. The molecule has 0 spiro atoms. The number of aromatic nitrogens is 3. The molecule has 1 fully saturated rings. The van der Waals surface area contributed by atoms with Crippen molar-refractivity contribution >= 4 is 16.3 Å². The van der Waals surface area contributed by atoms with Crippen molar-refractivity contribution in [2.75, 3.05) is 33.0 Å². The van der Waals surface area contributed by atoms with Crippen LogP contribution in [0.15, 0.2) is 29.1 Å². The Morgan fingerprint density at radius 3 is 2.61 bits per heavy atom. The smallest absolute Gasteiger partial charge is 0.275 e. The number of hydrogen-bond acceptors (Lipinski definition) is 8. The summed E-state index contributed by atoms with van der Waals surface area (Å²) in [6.07, 6.45) is 0. The van der Waals surface area contributed by atoms with Gasteiger partial charge in [-0.15, -0.1) is 0 Å². The van der Waals surface area contributed by atoms with Gasteiger partial charge in [-0.2, -0.15) is 9.61 Å². The number of fused-ring (bicyclic) bond motifs is 2. The van der Waals surface area contributed by atoms with Crippen LogP contribution in [0.5, 0.6) is 11.5 Å². The van der Waals surface area contributed by atoms with Crippen molar-refractivity contribution in [2.45, 2.75) is 20.0 Å². The molecule has 8 nitrogen and oxygen atoms in total. The van der Waals surface area contributed by atoms with E-state index < -0.39 is 0 Å². The molecule has 28 heavy (non-hydrogen) atoms. The predicted molar refractivity (Wildman–Crippen MR) is 105 cm³/mol. The monoisotopic (exact) mass is 399 g/mol. The highest BCUT2D eigenvalue weighted by molar-refractivity contribution is 7.16. The lowest BCUT2D eigenvalue weighted by atomic mass is 10.1. The highest BCUT2D eigenvalue weighted by Gasteiger charge is 2.20. The minimum Gasteiger partial charge on any atom is -0.454 e. The lowest BCUT2D eigenvalue weighted by Gasteiger charge is -2.34. The molecular formula is C19H21N5O3S. The second-order valence-electron chi connectivity index (χ2n) is 7.17. The third-order valence-electron chi connectivity index (χ3n) is 5.08. The van der Waals surface area contributed by atoms with Crippen LogP contribution in [0.1, 0.15) is 16.3 Å². The third-order valence-corrected chi connectivity index (χ3v) is 5.98. The number of aryl methyl sites for hydroxylation is 1. The molecule has 0 radical (unpaired) electrons. The van der Waals surface area contributed by atoms with Crippen molar-refractivity contribution in [1.82, 2.24) is 24.4 Å². The highest BCUT2D eigenvalue weighted by Crippen LogP contribution is 2.32. The van der Waals surface area contributed by atoms with Crippen LogP contribution in [0.4, 0.5) is 0 Å². The fraction of sp³-hybridized carbons (Fsp3) is 0.421. The zero-order valence-corrected chi connectivity index (χ0v) is 16.4. The zero-order valence-electron chi connectivity index (χ0n) is 15.6. The summed E-state index contributed by atoms with van der Waals surface area (Å²) in [6, 6.07) is 7.68. The van der Waals surface area contributed by atoms with E-state index in [-0.39, 0.29) is 5.56 Å². The first-order valence-corrected chi connectivity index (χ1v) is 10.2. The average Bonchev–Trinajstić information content (AvgIpc) is 3.29. The van der Waals surface area contributed by atoms with Crippen LogP contribution in [0, 0.1) is 6.92 Å². The van der Waals surface area contributed by atoms with Crippen molar-refractivity contribution < 1.29 is 9.47 Å². The molecule has 0 N–H and O–H groups in total. The maximum Gasteiger partial charge on any atom is 0.275 e. The molecular weight excluding hydrogens is 378 g/mol. The molecule has 3 aromatic rings. The number of nitrogens with zero attached hydrogens (tertiary/aromatic N) is 5. The lowest BCUT2D eigenvalue weighted by molar-refractivity contribution is 0.121. The molecule has 5 rings (SSSR count). The lowest BCUT2D eigenvalue weighted by Crippen LogP contribution is -2.45. The predicted octanol–water partition coefficient (Wildman–Crippen LogP) is 1.51. The van der Waals surface area contributed by atoms with Crippen LogP contribution in [-0.2, 0) is 13.1 Å². The molecule has 0 saturated carbocycles. The van der Waals surface area contributed by atoms with E-state index >= 15 is 0 Å². The molecule has 2 aliphatic rings. The van der Waals surface area contributed by atoms with E-state index in [1.165, 1.54) is 27.5 Å². The molecule has 1 saturated heterocycles. The Morgan fingerprint density at radius 1 is 1.04 bits per heavy atom. The summed E-state index contributed by atoms with van der Waals surface area (Å²) in [6.45, 7) is 7.75. The van der Waals surface area contributed by atoms with Crippen LogP contribution in [-0.4, -0.2) is 57.4 Å². The van der Waals surface area contributed by atoms with Crippen LogP contribution in [0.2, 0.25) is 0 Å². The second kappa shape index (κ2) is 7.16. The van der Waals surface area contributed by atoms with Gasteiger partial charge in [-0.3, -0.25) is 14.6 Å². The molecule has 9 heteroatoms. The fourth-order valence-corrected chi connectivity index (χ4v) is 4.61. The Morgan fingerprint density at radius 2 is 1.79 bits per heavy atom. The fourth-order valence-electron chi connectivity index (χ4n) is 3.62. The van der Waals surface area contributed by atoms with Gasteiger partial charge in [0.05, 0.1) is 6.54 Å². The van der Waals surface area contributed by atoms with Gasteiger partial charge < -0.3 is 9.47 Å². The van der Waals surface area contributed by atoms with E-state index in [4.69, 9.17) is 9.47 Å². The van der Waals surface area contributed by atoms with Crippen LogP contribution >= 0.6 is 11.3 Å². The molecule has 146 valence electrons. The summed E-state index contributed by atoms with van der Waals surface area (Å²) in [7, 11) is 0. The molecule has 2 aliphatic heterocycles. The molecule has 0 aliphatic carbocycles. The van der Waals surface area contributed by atoms with Gasteiger partial charge in [0.1, 0.15) is 5.01 Å². The first-order valence-electron chi connectivity index (χ1n) is 9.34. The summed E-state index contributed by atoms with van der Waals surface area (Å²) in [4.78, 5) is 21.9. The second-order valence-corrected chi connectivity index (χ2v) is 8.21. The Balaban J connectivity index is 1.19. The normalized spacial score (nSPS) is 17.5. The van der Waals surface area contributed by atoms with E-state index in [9.17, 15) is 4.79 Å². The molecule has 0 bridgehead atoms. The van der Waals surface area contributed by atoms with E-state index in [0.717, 1.165) is 61.5 Å². The van der Waals surface area contributed by atoms with Gasteiger partial charge in [0.15, 0.2) is 11.5 Å². The van der Waals surface area contributed by atoms with Gasteiger partial charge in [0.2, 0.25) is 11.8 Å². The van der Waals surface area contributed by atoms with Crippen LogP contribution in [0.25, 0.3) is 4.96 Å². The van der Waals surface area contributed by atoms with E-state index in [1.54, 1.807) is 0 Å². The summed E-state index contributed by atoms with van der Waals surface area (Å²) in [5, 5.41) is 5.38. The van der Waals surface area contributed by atoms with Crippen molar-refractivity contribution in [1.29, 1.82) is 0 Å². The standard InChI is InChI=1S/C19H21N5O3S/c1-13-8-18(25)24-19(20-13)28-17(21-24)11-23-6-4-22(5-7-23)10-14-2-3-15-16(9-14)27-12-26-15/h2-3,8-9H,4-7,10-12H2,1H3. The summed E-state index contributed by atoms with van der Waals surface area (Å²) < 4.78 is 12.3. The molecule has 2 aromatic heterocycles. The molecule has 0 unspecified atom stereocenters. The van der Waals surface area contributed by atoms with Gasteiger partial charge in [0.25, 0.3) is 5.56 Å². The first-order chi connectivity index (χ1) is 13.6. The van der Waals surface area contributed by atoms with Crippen molar-refractivity contribution in [3.63, 3.8) is 0 Å². The molecule has 4 heterocycles. The average molecular weight is 399 g/mol. The SMILES string of the molecule is Cc1cc(=O)n2nc(CN3CCN(Cc4ccc5c(c4)OCO5)CC3)sc2n1. The summed E-state index contributed by atoms with van der Waals surface area (Å²) in [5.74, 6) is 1.67. The van der Waals surface area contributed by atoms with Gasteiger partial charge in [-0.05, 0) is 24.6 Å². The van der Waals surface area contributed by atoms with Crippen LogP contribution in [0.3, 0.4) is 0 Å².